The number of hydrogen-bond acceptors (Lipinski definition) is 7. The van der Waals surface area contributed by atoms with Crippen LogP contribution in [0.1, 0.15) is 22.7 Å². The molecular weight excluding hydrogens is 320 g/mol. The van der Waals surface area contributed by atoms with Crippen molar-refractivity contribution in [1.29, 1.82) is 0 Å². The zero-order chi connectivity index (χ0) is 14.5. The van der Waals surface area contributed by atoms with Crippen LogP contribution in [-0.2, 0) is 17.8 Å². The number of thioether (sulfide) groups is 1. The summed E-state index contributed by atoms with van der Waals surface area (Å²) in [5.41, 5.74) is 1.50. The molecule has 0 spiro atoms. The minimum Gasteiger partial charge on any atom is -0.350 e. The predicted molar refractivity (Wildman–Crippen MR) is 78.1 cm³/mol. The molecule has 2 aromatic rings. The first-order chi connectivity index (χ1) is 9.60. The number of carbonyl (C=O) groups is 1. The summed E-state index contributed by atoms with van der Waals surface area (Å²) < 4.78 is 5.73. The van der Waals surface area contributed by atoms with Crippen LogP contribution in [0.5, 0.6) is 0 Å². The third kappa shape index (κ3) is 3.94. The molecule has 0 saturated heterocycles. The molecule has 0 atom stereocenters. The highest BCUT2D eigenvalue weighted by Gasteiger charge is 2.13. The number of nitrogens with zero attached hydrogens (tertiary/aromatic N) is 3. The van der Waals surface area contributed by atoms with Crippen molar-refractivity contribution in [1.82, 2.24) is 20.7 Å². The summed E-state index contributed by atoms with van der Waals surface area (Å²) >= 11 is 8.85. The highest BCUT2D eigenvalue weighted by atomic mass is 35.5. The number of nitrogens with one attached hydrogen (secondary N) is 1. The molecule has 20 heavy (non-hydrogen) atoms. The van der Waals surface area contributed by atoms with Gasteiger partial charge in [0, 0.05) is 12.0 Å². The molecular formula is C11H13ClN4O2S2. The van der Waals surface area contributed by atoms with E-state index < -0.39 is 0 Å². The van der Waals surface area contributed by atoms with Gasteiger partial charge < -0.3 is 9.84 Å². The van der Waals surface area contributed by atoms with E-state index in [1.165, 1.54) is 23.1 Å². The molecule has 0 aliphatic heterocycles. The molecule has 2 rings (SSSR count). The average molecular weight is 333 g/mol. The molecule has 0 aliphatic rings. The SMILES string of the molecule is CSc1nnc(CNC(=O)CCc2c(C)noc2Cl)s1. The fourth-order valence-corrected chi connectivity index (χ4v) is 3.05. The molecule has 0 bridgehead atoms. The minimum absolute atomic E-state index is 0.0671. The first-order valence-corrected chi connectivity index (χ1v) is 8.25. The van der Waals surface area contributed by atoms with Crippen molar-refractivity contribution < 1.29 is 9.32 Å². The number of aromatic nitrogens is 3. The van der Waals surface area contributed by atoms with Crippen molar-refractivity contribution in [3.63, 3.8) is 0 Å². The van der Waals surface area contributed by atoms with Crippen molar-refractivity contribution in [2.45, 2.75) is 30.6 Å². The molecule has 2 aromatic heterocycles. The maximum Gasteiger partial charge on any atom is 0.229 e. The predicted octanol–water partition coefficient (Wildman–Crippen LogP) is 2.46. The van der Waals surface area contributed by atoms with Gasteiger partial charge in [-0.05, 0) is 31.2 Å². The summed E-state index contributed by atoms with van der Waals surface area (Å²) in [6.45, 7) is 2.20. The van der Waals surface area contributed by atoms with E-state index in [2.05, 4.69) is 20.7 Å². The first kappa shape index (κ1) is 15.3. The van der Waals surface area contributed by atoms with E-state index in [0.29, 0.717) is 19.4 Å². The smallest absolute Gasteiger partial charge is 0.229 e. The van der Waals surface area contributed by atoms with Gasteiger partial charge in [-0.1, -0.05) is 28.3 Å². The molecule has 1 N–H and O–H groups in total. The van der Waals surface area contributed by atoms with Crippen molar-refractivity contribution >= 4 is 40.6 Å². The van der Waals surface area contributed by atoms with Gasteiger partial charge in [0.25, 0.3) is 0 Å². The topological polar surface area (TPSA) is 80.9 Å². The monoisotopic (exact) mass is 332 g/mol. The van der Waals surface area contributed by atoms with E-state index in [-0.39, 0.29) is 11.1 Å². The summed E-state index contributed by atoms with van der Waals surface area (Å²) in [4.78, 5) is 11.8. The lowest BCUT2D eigenvalue weighted by Crippen LogP contribution is -2.23. The van der Waals surface area contributed by atoms with Gasteiger partial charge in [0.1, 0.15) is 5.01 Å². The standard InChI is InChI=1S/C11H13ClN4O2S2/c1-6-7(10(12)18-16-6)3-4-8(17)13-5-9-14-15-11(19-2)20-9/h3-5H2,1-2H3,(H,13,17). The van der Waals surface area contributed by atoms with Crippen LogP contribution >= 0.6 is 34.7 Å². The van der Waals surface area contributed by atoms with Crippen LogP contribution < -0.4 is 5.32 Å². The number of halogens is 1. The Hall–Kier alpha value is -1.12. The highest BCUT2D eigenvalue weighted by Crippen LogP contribution is 2.21. The van der Waals surface area contributed by atoms with Gasteiger partial charge in [0.15, 0.2) is 4.34 Å². The van der Waals surface area contributed by atoms with Crippen molar-refractivity contribution in [2.24, 2.45) is 0 Å². The van der Waals surface area contributed by atoms with Crippen LogP contribution in [0.15, 0.2) is 8.86 Å². The largest absolute Gasteiger partial charge is 0.350 e. The molecule has 0 radical (unpaired) electrons. The molecule has 108 valence electrons. The van der Waals surface area contributed by atoms with Gasteiger partial charge in [0.2, 0.25) is 11.1 Å². The van der Waals surface area contributed by atoms with Crippen molar-refractivity contribution in [2.75, 3.05) is 6.26 Å². The Bertz CT molecular complexity index is 580. The molecule has 0 aromatic carbocycles. The molecule has 1 amide bonds. The Balaban J connectivity index is 1.78. The van der Waals surface area contributed by atoms with Crippen LogP contribution in [0.2, 0.25) is 5.22 Å². The fourth-order valence-electron chi connectivity index (χ4n) is 1.53. The Morgan fingerprint density at radius 2 is 2.30 bits per heavy atom. The Labute approximate surface area is 129 Å². The van der Waals surface area contributed by atoms with Gasteiger partial charge in [-0.3, -0.25) is 4.79 Å². The molecule has 2 heterocycles. The van der Waals surface area contributed by atoms with Gasteiger partial charge >= 0.3 is 0 Å². The van der Waals surface area contributed by atoms with E-state index in [9.17, 15) is 4.79 Å². The second kappa shape index (κ2) is 7.05. The van der Waals surface area contributed by atoms with Crippen molar-refractivity contribution in [3.8, 4) is 0 Å². The third-order valence-corrected chi connectivity index (χ3v) is 4.79. The zero-order valence-corrected chi connectivity index (χ0v) is 13.4. The highest BCUT2D eigenvalue weighted by molar-refractivity contribution is 8.00. The summed E-state index contributed by atoms with van der Waals surface area (Å²) in [6.07, 6.45) is 2.77. The van der Waals surface area contributed by atoms with Crippen molar-refractivity contribution in [3.05, 3.63) is 21.5 Å². The Kier molecular flexibility index (Phi) is 5.38. The van der Waals surface area contributed by atoms with E-state index in [0.717, 1.165) is 20.6 Å². The van der Waals surface area contributed by atoms with E-state index in [4.69, 9.17) is 16.1 Å². The maximum absolute atomic E-state index is 11.8. The number of hydrogen-bond donors (Lipinski definition) is 1. The van der Waals surface area contributed by atoms with Gasteiger partial charge in [-0.25, -0.2) is 0 Å². The summed E-state index contributed by atoms with van der Waals surface area (Å²) in [6, 6.07) is 0. The van der Waals surface area contributed by atoms with Gasteiger partial charge in [-0.15, -0.1) is 10.2 Å². The normalized spacial score (nSPS) is 10.8. The van der Waals surface area contributed by atoms with Gasteiger partial charge in [-0.2, -0.15) is 0 Å². The average Bonchev–Trinajstić information content (AvgIpc) is 3.02. The van der Waals surface area contributed by atoms with Crippen LogP contribution in [0, 0.1) is 6.92 Å². The molecule has 0 unspecified atom stereocenters. The zero-order valence-electron chi connectivity index (χ0n) is 11.0. The first-order valence-electron chi connectivity index (χ1n) is 5.84. The lowest BCUT2D eigenvalue weighted by Gasteiger charge is -2.02. The van der Waals surface area contributed by atoms with Crippen LogP contribution in [-0.4, -0.2) is 27.5 Å². The molecule has 0 saturated carbocycles. The number of rotatable bonds is 6. The third-order valence-electron chi connectivity index (χ3n) is 2.60. The molecule has 9 heteroatoms. The van der Waals surface area contributed by atoms with E-state index in [1.807, 2.05) is 6.26 Å². The van der Waals surface area contributed by atoms with Crippen LogP contribution in [0.25, 0.3) is 0 Å². The minimum atomic E-state index is -0.0671. The molecule has 0 fully saturated rings. The maximum atomic E-state index is 11.8. The summed E-state index contributed by atoms with van der Waals surface area (Å²) in [7, 11) is 0. The Morgan fingerprint density at radius 3 is 2.90 bits per heavy atom. The second-order valence-corrected chi connectivity index (χ2v) is 6.42. The lowest BCUT2D eigenvalue weighted by atomic mass is 10.1. The summed E-state index contributed by atoms with van der Waals surface area (Å²) in [5.74, 6) is -0.0671. The number of amides is 1. The van der Waals surface area contributed by atoms with Gasteiger partial charge in [0.05, 0.1) is 12.2 Å². The van der Waals surface area contributed by atoms with E-state index in [1.54, 1.807) is 6.92 Å². The molecule has 0 aliphatic carbocycles. The quantitative estimate of drug-likeness (QED) is 0.818. The molecule has 6 nitrogen and oxygen atoms in total. The van der Waals surface area contributed by atoms with Crippen LogP contribution in [0.3, 0.4) is 0 Å². The van der Waals surface area contributed by atoms with Crippen LogP contribution in [0.4, 0.5) is 0 Å². The number of aryl methyl sites for hydroxylation is 1. The second-order valence-electron chi connectivity index (χ2n) is 3.96. The fraction of sp³-hybridized carbons (Fsp3) is 0.455. The number of carbonyl (C=O) groups excluding carboxylic acids is 1. The Morgan fingerprint density at radius 1 is 1.50 bits per heavy atom. The lowest BCUT2D eigenvalue weighted by molar-refractivity contribution is -0.121. The van der Waals surface area contributed by atoms with E-state index >= 15 is 0 Å². The summed E-state index contributed by atoms with van der Waals surface area (Å²) in [5, 5.41) is 15.5.